The van der Waals surface area contributed by atoms with Gasteiger partial charge in [-0.25, -0.2) is 24.8 Å². The number of ether oxygens (including phenoxy) is 2. The van der Waals surface area contributed by atoms with E-state index < -0.39 is 20.0 Å². The van der Waals surface area contributed by atoms with Gasteiger partial charge < -0.3 is 9.47 Å². The molecule has 11 heteroatoms. The second kappa shape index (κ2) is 11.0. The van der Waals surface area contributed by atoms with Gasteiger partial charge in [-0.2, -0.15) is 0 Å². The van der Waals surface area contributed by atoms with Crippen molar-refractivity contribution in [1.29, 1.82) is 0 Å². The summed E-state index contributed by atoms with van der Waals surface area (Å²) in [5, 5.41) is 1.41. The molecule has 4 aromatic carbocycles. The Kier molecular flexibility index (Phi) is 7.03. The maximum atomic E-state index is 13.8. The first-order valence-corrected chi connectivity index (χ1v) is 17.5. The summed E-state index contributed by atoms with van der Waals surface area (Å²) >= 11 is 1.44. The number of nitrogens with zero attached hydrogens (tertiary/aromatic N) is 2. The molecule has 0 saturated heterocycles. The smallest absolute Gasteiger partial charge is 0.268 e. The van der Waals surface area contributed by atoms with Crippen LogP contribution in [0.4, 0.5) is 0 Å². The van der Waals surface area contributed by atoms with E-state index in [1.807, 2.05) is 24.3 Å². The molecule has 3 heterocycles. The van der Waals surface area contributed by atoms with Crippen LogP contribution in [0.25, 0.3) is 42.7 Å². The Morgan fingerprint density at radius 3 is 1.31 bits per heavy atom. The fourth-order valence-electron chi connectivity index (χ4n) is 5.44. The lowest BCUT2D eigenvalue weighted by molar-refractivity contribution is 0.415. The van der Waals surface area contributed by atoms with E-state index in [9.17, 15) is 16.8 Å². The van der Waals surface area contributed by atoms with E-state index in [1.54, 1.807) is 112 Å². The number of rotatable bonds is 8. The van der Waals surface area contributed by atoms with Crippen LogP contribution in [0.1, 0.15) is 0 Å². The highest BCUT2D eigenvalue weighted by atomic mass is 32.2. The summed E-state index contributed by atoms with van der Waals surface area (Å²) in [6.45, 7) is 0. The fraction of sp³-hybridized carbons (Fsp3) is 0.0588. The van der Waals surface area contributed by atoms with Crippen LogP contribution < -0.4 is 9.47 Å². The predicted octanol–water partition coefficient (Wildman–Crippen LogP) is 7.48. The van der Waals surface area contributed by atoms with Crippen LogP contribution in [-0.2, 0) is 20.0 Å². The molecule has 0 aliphatic heterocycles. The molecule has 0 atom stereocenters. The van der Waals surface area contributed by atoms with Crippen LogP contribution in [0, 0.1) is 0 Å². The molecule has 226 valence electrons. The average Bonchev–Trinajstić information content (AvgIpc) is 3.81. The van der Waals surface area contributed by atoms with Gasteiger partial charge >= 0.3 is 0 Å². The Morgan fingerprint density at radius 2 is 0.933 bits per heavy atom. The predicted molar refractivity (Wildman–Crippen MR) is 177 cm³/mol. The third kappa shape index (κ3) is 4.80. The number of fused-ring (bicyclic) bond motifs is 2. The third-order valence-corrected chi connectivity index (χ3v) is 12.2. The van der Waals surface area contributed by atoms with Crippen LogP contribution in [0.15, 0.2) is 131 Å². The maximum absolute atomic E-state index is 13.8. The standard InChI is InChI=1S/C34H26N2O6S3/c1-41-23-13-15-31-27(19-23)29(21-35(31)44(37,38)25-9-5-3-6-10-25)33-17-18-34(43-33)30-22-36(32-16-14-24(42-2)20-28(30)32)45(39,40)26-11-7-4-8-12-26/h3-22H,1-2H3. The highest BCUT2D eigenvalue weighted by Gasteiger charge is 2.25. The van der Waals surface area contributed by atoms with E-state index in [0.29, 0.717) is 44.4 Å². The van der Waals surface area contributed by atoms with Gasteiger partial charge in [0.05, 0.1) is 35.0 Å². The fourth-order valence-corrected chi connectivity index (χ4v) is 9.28. The molecule has 3 aromatic heterocycles. The second-order valence-corrected chi connectivity index (χ2v) is 15.0. The highest BCUT2D eigenvalue weighted by molar-refractivity contribution is 7.90. The maximum Gasteiger partial charge on any atom is 0.268 e. The minimum Gasteiger partial charge on any atom is -0.497 e. The third-order valence-electron chi connectivity index (χ3n) is 7.69. The highest BCUT2D eigenvalue weighted by Crippen LogP contribution is 2.43. The second-order valence-electron chi connectivity index (χ2n) is 10.2. The molecule has 0 saturated carbocycles. The van der Waals surface area contributed by atoms with E-state index >= 15 is 0 Å². The molecule has 0 fully saturated rings. The molecule has 0 radical (unpaired) electrons. The number of thiophene rings is 1. The van der Waals surface area contributed by atoms with Crippen molar-refractivity contribution in [3.8, 4) is 32.4 Å². The first-order valence-electron chi connectivity index (χ1n) is 13.8. The van der Waals surface area contributed by atoms with Crippen molar-refractivity contribution in [1.82, 2.24) is 7.94 Å². The van der Waals surface area contributed by atoms with Gasteiger partial charge in [0, 0.05) is 44.0 Å². The molecule has 8 nitrogen and oxygen atoms in total. The zero-order valence-corrected chi connectivity index (χ0v) is 26.6. The molecule has 7 aromatic rings. The van der Waals surface area contributed by atoms with Crippen LogP contribution >= 0.6 is 11.3 Å². The summed E-state index contributed by atoms with van der Waals surface area (Å²) in [5.41, 5.74) is 2.44. The number of methoxy groups -OCH3 is 2. The zero-order valence-electron chi connectivity index (χ0n) is 24.1. The molecule has 0 unspecified atom stereocenters. The van der Waals surface area contributed by atoms with Gasteiger partial charge in [-0.15, -0.1) is 11.3 Å². The summed E-state index contributed by atoms with van der Waals surface area (Å²) in [6.07, 6.45) is 3.27. The molecule has 0 aliphatic rings. The van der Waals surface area contributed by atoms with Crippen molar-refractivity contribution in [2.45, 2.75) is 9.79 Å². The molecular weight excluding hydrogens is 629 g/mol. The lowest BCUT2D eigenvalue weighted by Gasteiger charge is -2.07. The monoisotopic (exact) mass is 654 g/mol. The van der Waals surface area contributed by atoms with Crippen molar-refractivity contribution in [3.63, 3.8) is 0 Å². The Labute approximate surface area is 264 Å². The van der Waals surface area contributed by atoms with Crippen LogP contribution in [-0.4, -0.2) is 39.0 Å². The quantitative estimate of drug-likeness (QED) is 0.169. The number of benzene rings is 4. The number of aromatic nitrogens is 2. The Hall–Kier alpha value is -4.84. The van der Waals surface area contributed by atoms with Gasteiger partial charge in [0.25, 0.3) is 20.0 Å². The summed E-state index contributed by atoms with van der Waals surface area (Å²) in [7, 11) is -4.66. The number of hydrogen-bond acceptors (Lipinski definition) is 7. The molecule has 0 aliphatic carbocycles. The van der Waals surface area contributed by atoms with Crippen molar-refractivity contribution < 1.29 is 26.3 Å². The molecule has 0 N–H and O–H groups in total. The number of hydrogen-bond donors (Lipinski definition) is 0. The molecule has 45 heavy (non-hydrogen) atoms. The van der Waals surface area contributed by atoms with Crippen LogP contribution in [0.2, 0.25) is 0 Å². The molecule has 0 amide bonds. The Balaban J connectivity index is 1.41. The Morgan fingerprint density at radius 1 is 0.533 bits per heavy atom. The van der Waals surface area contributed by atoms with Gasteiger partial charge in [0.1, 0.15) is 11.5 Å². The van der Waals surface area contributed by atoms with Crippen molar-refractivity contribution in [2.75, 3.05) is 14.2 Å². The zero-order chi connectivity index (χ0) is 31.3. The lowest BCUT2D eigenvalue weighted by Crippen LogP contribution is -2.11. The van der Waals surface area contributed by atoms with Gasteiger partial charge in [-0.05, 0) is 72.8 Å². The van der Waals surface area contributed by atoms with Crippen LogP contribution in [0.5, 0.6) is 11.5 Å². The van der Waals surface area contributed by atoms with E-state index in [1.165, 1.54) is 19.3 Å². The summed E-state index contributed by atoms with van der Waals surface area (Å²) < 4.78 is 68.6. The van der Waals surface area contributed by atoms with Gasteiger partial charge in [0.15, 0.2) is 0 Å². The van der Waals surface area contributed by atoms with Gasteiger partial charge in [0.2, 0.25) is 0 Å². The Bertz CT molecular complexity index is 2260. The van der Waals surface area contributed by atoms with E-state index in [-0.39, 0.29) is 9.79 Å². The van der Waals surface area contributed by atoms with Gasteiger partial charge in [-0.3, -0.25) is 0 Å². The van der Waals surface area contributed by atoms with Gasteiger partial charge in [-0.1, -0.05) is 36.4 Å². The largest absolute Gasteiger partial charge is 0.497 e. The van der Waals surface area contributed by atoms with Crippen molar-refractivity contribution in [2.24, 2.45) is 0 Å². The van der Waals surface area contributed by atoms with E-state index in [4.69, 9.17) is 9.47 Å². The normalized spacial score (nSPS) is 12.1. The summed E-state index contributed by atoms with van der Waals surface area (Å²) in [5.74, 6) is 1.19. The minimum atomic E-state index is -3.90. The molecule has 0 bridgehead atoms. The average molecular weight is 655 g/mol. The van der Waals surface area contributed by atoms with E-state index in [2.05, 4.69) is 0 Å². The molecule has 0 spiro atoms. The first-order chi connectivity index (χ1) is 21.7. The summed E-state index contributed by atoms with van der Waals surface area (Å²) in [6, 6.07) is 31.0. The van der Waals surface area contributed by atoms with E-state index in [0.717, 1.165) is 9.75 Å². The summed E-state index contributed by atoms with van der Waals surface area (Å²) in [4.78, 5) is 1.97. The minimum absolute atomic E-state index is 0.178. The van der Waals surface area contributed by atoms with Crippen molar-refractivity contribution in [3.05, 3.63) is 122 Å². The topological polar surface area (TPSA) is 96.6 Å². The molecule has 7 rings (SSSR count). The van der Waals surface area contributed by atoms with Crippen molar-refractivity contribution >= 4 is 53.2 Å². The SMILES string of the molecule is COc1ccc2c(c1)c(-c1ccc(-c3cn(S(=O)(=O)c4ccccc4)c4ccc(OC)cc34)s1)cn2S(=O)(=O)c1ccccc1. The first kappa shape index (κ1) is 28.9. The molecular formula is C34H26N2O6S3. The van der Waals surface area contributed by atoms with Crippen LogP contribution in [0.3, 0.4) is 0 Å². The lowest BCUT2D eigenvalue weighted by atomic mass is 10.1.